The molecule has 0 saturated heterocycles. The number of hydrogen-bond donors (Lipinski definition) is 1. The van der Waals surface area contributed by atoms with E-state index >= 15 is 0 Å². The fourth-order valence-electron chi connectivity index (χ4n) is 2.25. The van der Waals surface area contributed by atoms with Crippen LogP contribution in [-0.2, 0) is 9.53 Å². The molecule has 2 aromatic rings. The number of methoxy groups -OCH3 is 2. The number of rotatable bonds is 7. The Morgan fingerprint density at radius 1 is 1.23 bits per heavy atom. The molecular formula is C18H19NO6S. The molecule has 2 rings (SSSR count). The SMILES string of the molecule is COC(=O)c1c(NC(=O)COc2ccc(OC)cc2C=O)sc(C)c1C. The van der Waals surface area contributed by atoms with Crippen LogP contribution >= 0.6 is 11.3 Å². The third-order valence-corrected chi connectivity index (χ3v) is 4.85. The van der Waals surface area contributed by atoms with Gasteiger partial charge in [0.2, 0.25) is 0 Å². The molecule has 0 fully saturated rings. The Morgan fingerprint density at radius 3 is 2.58 bits per heavy atom. The van der Waals surface area contributed by atoms with Crippen LogP contribution < -0.4 is 14.8 Å². The summed E-state index contributed by atoms with van der Waals surface area (Å²) in [6.45, 7) is 3.33. The highest BCUT2D eigenvalue weighted by atomic mass is 32.1. The highest BCUT2D eigenvalue weighted by Crippen LogP contribution is 2.33. The zero-order valence-corrected chi connectivity index (χ0v) is 15.7. The number of nitrogens with one attached hydrogen (secondary N) is 1. The maximum Gasteiger partial charge on any atom is 0.341 e. The largest absolute Gasteiger partial charge is 0.497 e. The molecule has 0 aliphatic carbocycles. The lowest BCUT2D eigenvalue weighted by Crippen LogP contribution is -2.21. The second-order valence-corrected chi connectivity index (χ2v) is 6.56. The first-order valence-corrected chi connectivity index (χ1v) is 8.47. The Labute approximate surface area is 154 Å². The van der Waals surface area contributed by atoms with Gasteiger partial charge in [-0.1, -0.05) is 0 Å². The van der Waals surface area contributed by atoms with E-state index in [9.17, 15) is 14.4 Å². The summed E-state index contributed by atoms with van der Waals surface area (Å²) in [6, 6.07) is 4.69. The molecule has 1 heterocycles. The van der Waals surface area contributed by atoms with Crippen molar-refractivity contribution in [2.45, 2.75) is 13.8 Å². The van der Waals surface area contributed by atoms with Crippen molar-refractivity contribution in [2.24, 2.45) is 0 Å². The average Bonchev–Trinajstić information content (AvgIpc) is 2.92. The van der Waals surface area contributed by atoms with Crippen LogP contribution in [0.5, 0.6) is 11.5 Å². The van der Waals surface area contributed by atoms with E-state index in [1.807, 2.05) is 6.92 Å². The molecule has 0 aliphatic heterocycles. The van der Waals surface area contributed by atoms with Crippen molar-refractivity contribution in [3.8, 4) is 11.5 Å². The number of aldehydes is 1. The minimum absolute atomic E-state index is 0.266. The standard InChI is InChI=1S/C18H19NO6S/c1-10-11(2)26-17(16(10)18(22)24-4)19-15(21)9-25-14-6-5-13(23-3)7-12(14)8-20/h5-8H,9H2,1-4H3,(H,19,21). The zero-order chi connectivity index (χ0) is 19.3. The molecule has 0 spiro atoms. The molecule has 8 heteroatoms. The smallest absolute Gasteiger partial charge is 0.341 e. The highest BCUT2D eigenvalue weighted by Gasteiger charge is 2.21. The summed E-state index contributed by atoms with van der Waals surface area (Å²) < 4.78 is 15.2. The number of thiophene rings is 1. The van der Waals surface area contributed by atoms with Gasteiger partial charge in [0, 0.05) is 4.88 Å². The lowest BCUT2D eigenvalue weighted by Gasteiger charge is -2.10. The summed E-state index contributed by atoms with van der Waals surface area (Å²) in [4.78, 5) is 36.2. The molecule has 0 aliphatic rings. The highest BCUT2D eigenvalue weighted by molar-refractivity contribution is 7.16. The van der Waals surface area contributed by atoms with Gasteiger partial charge in [-0.15, -0.1) is 11.3 Å². The summed E-state index contributed by atoms with van der Waals surface area (Å²) in [7, 11) is 2.77. The molecule has 26 heavy (non-hydrogen) atoms. The Kier molecular flexibility index (Phi) is 6.35. The van der Waals surface area contributed by atoms with Gasteiger partial charge >= 0.3 is 5.97 Å². The van der Waals surface area contributed by atoms with Crippen molar-refractivity contribution in [3.63, 3.8) is 0 Å². The van der Waals surface area contributed by atoms with Gasteiger partial charge in [-0.25, -0.2) is 4.79 Å². The molecule has 7 nitrogen and oxygen atoms in total. The maximum atomic E-state index is 12.2. The van der Waals surface area contributed by atoms with Crippen LogP contribution in [0.15, 0.2) is 18.2 Å². The normalized spacial score (nSPS) is 10.2. The van der Waals surface area contributed by atoms with Crippen LogP contribution in [0.25, 0.3) is 0 Å². The molecule has 0 atom stereocenters. The number of hydrogen-bond acceptors (Lipinski definition) is 7. The second kappa shape index (κ2) is 8.48. The van der Waals surface area contributed by atoms with Crippen molar-refractivity contribution in [1.82, 2.24) is 0 Å². The molecule has 1 aromatic heterocycles. The van der Waals surface area contributed by atoms with E-state index in [4.69, 9.17) is 14.2 Å². The molecule has 0 radical (unpaired) electrons. The molecule has 0 saturated carbocycles. The molecular weight excluding hydrogens is 358 g/mol. The first-order valence-electron chi connectivity index (χ1n) is 7.65. The van der Waals surface area contributed by atoms with E-state index < -0.39 is 11.9 Å². The number of anilines is 1. The van der Waals surface area contributed by atoms with E-state index in [1.165, 1.54) is 31.6 Å². The van der Waals surface area contributed by atoms with Gasteiger partial charge in [-0.05, 0) is 37.6 Å². The topological polar surface area (TPSA) is 90.9 Å². The molecule has 0 bridgehead atoms. The first-order chi connectivity index (χ1) is 12.4. The van der Waals surface area contributed by atoms with Crippen molar-refractivity contribution >= 4 is 34.5 Å². The Morgan fingerprint density at radius 2 is 1.96 bits per heavy atom. The van der Waals surface area contributed by atoms with Gasteiger partial charge < -0.3 is 19.5 Å². The van der Waals surface area contributed by atoms with Gasteiger partial charge in [-0.3, -0.25) is 9.59 Å². The van der Waals surface area contributed by atoms with Crippen molar-refractivity contribution in [2.75, 3.05) is 26.1 Å². The van der Waals surface area contributed by atoms with Gasteiger partial charge in [0.05, 0.1) is 25.3 Å². The number of amides is 1. The predicted molar refractivity (Wildman–Crippen MR) is 97.6 cm³/mol. The number of esters is 1. The van der Waals surface area contributed by atoms with Gasteiger partial charge in [0.25, 0.3) is 5.91 Å². The Balaban J connectivity index is 2.10. The van der Waals surface area contributed by atoms with Crippen LogP contribution in [0.2, 0.25) is 0 Å². The van der Waals surface area contributed by atoms with E-state index in [0.717, 1.165) is 10.4 Å². The average molecular weight is 377 g/mol. The van der Waals surface area contributed by atoms with E-state index in [1.54, 1.807) is 19.1 Å². The zero-order valence-electron chi connectivity index (χ0n) is 14.9. The number of carbonyl (C=O) groups is 3. The lowest BCUT2D eigenvalue weighted by atomic mass is 10.1. The fraction of sp³-hybridized carbons (Fsp3) is 0.278. The van der Waals surface area contributed by atoms with Crippen LogP contribution in [0.1, 0.15) is 31.2 Å². The third-order valence-electron chi connectivity index (χ3n) is 3.73. The maximum absolute atomic E-state index is 12.2. The molecule has 1 aromatic carbocycles. The lowest BCUT2D eigenvalue weighted by molar-refractivity contribution is -0.118. The van der Waals surface area contributed by atoms with Crippen LogP contribution in [-0.4, -0.2) is 39.0 Å². The Hall–Kier alpha value is -2.87. The third kappa shape index (κ3) is 4.20. The van der Waals surface area contributed by atoms with E-state index in [2.05, 4.69) is 5.32 Å². The number of aryl methyl sites for hydroxylation is 1. The molecule has 1 amide bonds. The summed E-state index contributed by atoms with van der Waals surface area (Å²) in [5.41, 5.74) is 1.37. The van der Waals surface area contributed by atoms with Crippen LogP contribution in [0.4, 0.5) is 5.00 Å². The number of carbonyl (C=O) groups excluding carboxylic acids is 3. The summed E-state index contributed by atoms with van der Waals surface area (Å²) >= 11 is 1.29. The van der Waals surface area contributed by atoms with E-state index in [-0.39, 0.29) is 17.9 Å². The molecule has 0 unspecified atom stereocenters. The minimum Gasteiger partial charge on any atom is -0.497 e. The first kappa shape index (κ1) is 19.5. The van der Waals surface area contributed by atoms with Gasteiger partial charge in [-0.2, -0.15) is 0 Å². The van der Waals surface area contributed by atoms with Crippen molar-refractivity contribution in [1.29, 1.82) is 0 Å². The molecule has 138 valence electrons. The summed E-state index contributed by atoms with van der Waals surface area (Å²) in [6.07, 6.45) is 0.622. The van der Waals surface area contributed by atoms with Crippen molar-refractivity contribution in [3.05, 3.63) is 39.8 Å². The summed E-state index contributed by atoms with van der Waals surface area (Å²) in [5.74, 6) is -0.190. The van der Waals surface area contributed by atoms with Gasteiger partial charge in [0.15, 0.2) is 12.9 Å². The minimum atomic E-state index is -0.513. The van der Waals surface area contributed by atoms with Crippen molar-refractivity contribution < 1.29 is 28.6 Å². The number of benzene rings is 1. The fourth-order valence-corrected chi connectivity index (χ4v) is 3.31. The van der Waals surface area contributed by atoms with E-state index in [0.29, 0.717) is 22.6 Å². The van der Waals surface area contributed by atoms with Crippen LogP contribution in [0, 0.1) is 13.8 Å². The van der Waals surface area contributed by atoms with Crippen LogP contribution in [0.3, 0.4) is 0 Å². The number of ether oxygens (including phenoxy) is 3. The predicted octanol–water partition coefficient (Wildman–Crippen LogP) is 2.99. The second-order valence-electron chi connectivity index (χ2n) is 5.34. The monoisotopic (exact) mass is 377 g/mol. The molecule has 1 N–H and O–H groups in total. The summed E-state index contributed by atoms with van der Waals surface area (Å²) in [5, 5.41) is 3.07. The van der Waals surface area contributed by atoms with Gasteiger partial charge in [0.1, 0.15) is 16.5 Å². The quantitative estimate of drug-likeness (QED) is 0.589. The Bertz CT molecular complexity index is 842.